The summed E-state index contributed by atoms with van der Waals surface area (Å²) in [5.74, 6) is 0.803. The molecule has 1 rings (SSSR count). The minimum Gasteiger partial charge on any atom is -0.497 e. The van der Waals surface area contributed by atoms with Crippen LogP contribution in [0.1, 0.15) is 20.3 Å². The van der Waals surface area contributed by atoms with Crippen molar-refractivity contribution in [2.24, 2.45) is 0 Å². The second-order valence-electron chi connectivity index (χ2n) is 4.85. The van der Waals surface area contributed by atoms with Crippen LogP contribution in [0.4, 0.5) is 5.69 Å². The van der Waals surface area contributed by atoms with Crippen molar-refractivity contribution >= 4 is 11.6 Å². The third-order valence-corrected chi connectivity index (χ3v) is 2.97. The molecule has 0 atom stereocenters. The number of benzene rings is 1. The summed E-state index contributed by atoms with van der Waals surface area (Å²) in [7, 11) is 1.62. The molecule has 0 unspecified atom stereocenters. The molecule has 0 saturated heterocycles. The van der Waals surface area contributed by atoms with E-state index in [-0.39, 0.29) is 5.91 Å². The van der Waals surface area contributed by atoms with Crippen LogP contribution in [-0.2, 0) is 4.79 Å². The number of nitrogens with one attached hydrogen (secondary N) is 1. The van der Waals surface area contributed by atoms with Gasteiger partial charge in [0, 0.05) is 25.2 Å². The molecule has 1 N–H and O–H groups in total. The molecule has 0 fully saturated rings. The number of rotatable bonds is 8. The summed E-state index contributed by atoms with van der Waals surface area (Å²) in [6.07, 6.45) is 0.479. The maximum absolute atomic E-state index is 11.9. The highest BCUT2D eigenvalue weighted by atomic mass is 16.5. The van der Waals surface area contributed by atoms with Gasteiger partial charge in [-0.3, -0.25) is 9.69 Å². The Labute approximate surface area is 121 Å². The monoisotopic (exact) mass is 276 g/mol. The summed E-state index contributed by atoms with van der Waals surface area (Å²) in [6, 6.07) is 7.33. The van der Waals surface area contributed by atoms with Gasteiger partial charge in [0.15, 0.2) is 0 Å². The molecule has 1 aromatic rings. The summed E-state index contributed by atoms with van der Waals surface area (Å²) in [6.45, 7) is 10.5. The van der Waals surface area contributed by atoms with Gasteiger partial charge in [-0.1, -0.05) is 19.1 Å². The first-order valence-corrected chi connectivity index (χ1v) is 6.85. The smallest absolute Gasteiger partial charge is 0.225 e. The highest BCUT2D eigenvalue weighted by Crippen LogP contribution is 2.15. The fourth-order valence-electron chi connectivity index (χ4n) is 1.89. The van der Waals surface area contributed by atoms with E-state index in [1.807, 2.05) is 31.2 Å². The largest absolute Gasteiger partial charge is 0.497 e. The van der Waals surface area contributed by atoms with Gasteiger partial charge >= 0.3 is 0 Å². The molecule has 0 aliphatic heterocycles. The van der Waals surface area contributed by atoms with Gasteiger partial charge in [-0.2, -0.15) is 0 Å². The topological polar surface area (TPSA) is 41.6 Å². The molecule has 4 nitrogen and oxygen atoms in total. The molecule has 1 amide bonds. The number of anilines is 1. The Morgan fingerprint density at radius 1 is 1.35 bits per heavy atom. The molecule has 1 aromatic carbocycles. The van der Waals surface area contributed by atoms with E-state index in [0.717, 1.165) is 36.6 Å². The molecule has 0 aliphatic rings. The fraction of sp³-hybridized carbons (Fsp3) is 0.438. The number of amides is 1. The number of carbonyl (C=O) groups excluding carboxylic acids is 1. The van der Waals surface area contributed by atoms with Crippen LogP contribution in [-0.4, -0.2) is 37.6 Å². The predicted molar refractivity (Wildman–Crippen MR) is 83.2 cm³/mol. The highest BCUT2D eigenvalue weighted by Gasteiger charge is 2.07. The maximum atomic E-state index is 11.9. The molecule has 0 saturated carbocycles. The second-order valence-corrected chi connectivity index (χ2v) is 4.85. The lowest BCUT2D eigenvalue weighted by Gasteiger charge is -2.19. The standard InChI is InChI=1S/C16H24N2O2/c1-5-18(12-13(2)3)11-10-16(19)17-14-6-8-15(20-4)9-7-14/h6-9H,2,5,10-12H2,1,3-4H3,(H,17,19). The number of nitrogens with zero attached hydrogens (tertiary/aromatic N) is 1. The molecule has 0 spiro atoms. The first-order chi connectivity index (χ1) is 9.55. The van der Waals surface area contributed by atoms with Gasteiger partial charge in [0.05, 0.1) is 7.11 Å². The van der Waals surface area contributed by atoms with E-state index >= 15 is 0 Å². The Kier molecular flexibility index (Phi) is 6.81. The summed E-state index contributed by atoms with van der Waals surface area (Å²) in [5, 5.41) is 2.88. The van der Waals surface area contributed by atoms with Gasteiger partial charge < -0.3 is 10.1 Å². The van der Waals surface area contributed by atoms with Gasteiger partial charge in [-0.25, -0.2) is 0 Å². The Bertz CT molecular complexity index is 440. The molecular formula is C16H24N2O2. The maximum Gasteiger partial charge on any atom is 0.225 e. The lowest BCUT2D eigenvalue weighted by molar-refractivity contribution is -0.116. The van der Waals surface area contributed by atoms with Crippen molar-refractivity contribution < 1.29 is 9.53 Å². The molecule has 20 heavy (non-hydrogen) atoms. The van der Waals surface area contributed by atoms with Gasteiger partial charge in [0.2, 0.25) is 5.91 Å². The quantitative estimate of drug-likeness (QED) is 0.742. The van der Waals surface area contributed by atoms with Crippen molar-refractivity contribution in [3.63, 3.8) is 0 Å². The summed E-state index contributed by atoms with van der Waals surface area (Å²) in [5.41, 5.74) is 1.90. The van der Waals surface area contributed by atoms with Crippen LogP contribution in [0.25, 0.3) is 0 Å². The second kappa shape index (κ2) is 8.38. The Hall–Kier alpha value is -1.81. The third kappa shape index (κ3) is 5.89. The van der Waals surface area contributed by atoms with E-state index in [1.165, 1.54) is 0 Å². The lowest BCUT2D eigenvalue weighted by atomic mass is 10.2. The van der Waals surface area contributed by atoms with Crippen LogP contribution in [0.15, 0.2) is 36.4 Å². The first-order valence-electron chi connectivity index (χ1n) is 6.85. The van der Waals surface area contributed by atoms with Crippen molar-refractivity contribution in [3.05, 3.63) is 36.4 Å². The van der Waals surface area contributed by atoms with E-state index in [9.17, 15) is 4.79 Å². The number of hydrogen-bond acceptors (Lipinski definition) is 3. The van der Waals surface area contributed by atoms with Crippen LogP contribution in [0.3, 0.4) is 0 Å². The van der Waals surface area contributed by atoms with Gasteiger partial charge in [-0.05, 0) is 37.7 Å². The zero-order valence-electron chi connectivity index (χ0n) is 12.6. The Morgan fingerprint density at radius 3 is 2.50 bits per heavy atom. The zero-order chi connectivity index (χ0) is 15.0. The highest BCUT2D eigenvalue weighted by molar-refractivity contribution is 5.90. The normalized spacial score (nSPS) is 10.4. The number of methoxy groups -OCH3 is 1. The summed E-state index contributed by atoms with van der Waals surface area (Å²) in [4.78, 5) is 14.1. The SMILES string of the molecule is C=C(C)CN(CC)CCC(=O)Nc1ccc(OC)cc1. The molecule has 0 radical (unpaired) electrons. The van der Waals surface area contributed by atoms with Crippen molar-refractivity contribution in [1.29, 1.82) is 0 Å². The van der Waals surface area contributed by atoms with E-state index < -0.39 is 0 Å². The fourth-order valence-corrected chi connectivity index (χ4v) is 1.89. The summed E-state index contributed by atoms with van der Waals surface area (Å²) < 4.78 is 5.08. The molecule has 110 valence electrons. The average Bonchev–Trinajstić information content (AvgIpc) is 2.44. The predicted octanol–water partition coefficient (Wildman–Crippen LogP) is 2.92. The molecule has 0 bridgehead atoms. The average molecular weight is 276 g/mol. The molecule has 0 aliphatic carbocycles. The number of likely N-dealkylation sites (N-methyl/N-ethyl adjacent to an activating group) is 1. The minimum atomic E-state index is 0.0235. The Balaban J connectivity index is 2.40. The Morgan fingerprint density at radius 2 is 2.00 bits per heavy atom. The van der Waals surface area contributed by atoms with Crippen molar-refractivity contribution in [2.75, 3.05) is 32.1 Å². The van der Waals surface area contributed by atoms with Gasteiger partial charge in [0.1, 0.15) is 5.75 Å². The molecule has 4 heteroatoms. The van der Waals surface area contributed by atoms with Crippen molar-refractivity contribution in [3.8, 4) is 5.75 Å². The summed E-state index contributed by atoms with van der Waals surface area (Å²) >= 11 is 0. The minimum absolute atomic E-state index is 0.0235. The van der Waals surface area contributed by atoms with Crippen molar-refractivity contribution in [1.82, 2.24) is 4.90 Å². The van der Waals surface area contributed by atoms with Crippen LogP contribution in [0.5, 0.6) is 5.75 Å². The number of carbonyl (C=O) groups is 1. The van der Waals surface area contributed by atoms with E-state index in [2.05, 4.69) is 23.7 Å². The van der Waals surface area contributed by atoms with Crippen LogP contribution in [0, 0.1) is 0 Å². The van der Waals surface area contributed by atoms with Crippen LogP contribution in [0.2, 0.25) is 0 Å². The van der Waals surface area contributed by atoms with E-state index in [4.69, 9.17) is 4.74 Å². The van der Waals surface area contributed by atoms with E-state index in [1.54, 1.807) is 7.11 Å². The van der Waals surface area contributed by atoms with Gasteiger partial charge in [-0.15, -0.1) is 0 Å². The van der Waals surface area contributed by atoms with E-state index in [0.29, 0.717) is 6.42 Å². The lowest BCUT2D eigenvalue weighted by Crippen LogP contribution is -2.29. The number of hydrogen-bond donors (Lipinski definition) is 1. The molecular weight excluding hydrogens is 252 g/mol. The third-order valence-electron chi connectivity index (χ3n) is 2.97. The molecule has 0 aromatic heterocycles. The number of ether oxygens (including phenoxy) is 1. The van der Waals surface area contributed by atoms with Gasteiger partial charge in [0.25, 0.3) is 0 Å². The molecule has 0 heterocycles. The first kappa shape index (κ1) is 16.2. The van der Waals surface area contributed by atoms with Crippen molar-refractivity contribution in [2.45, 2.75) is 20.3 Å². The zero-order valence-corrected chi connectivity index (χ0v) is 12.6. The van der Waals surface area contributed by atoms with Crippen LogP contribution >= 0.6 is 0 Å². The van der Waals surface area contributed by atoms with Crippen LogP contribution < -0.4 is 10.1 Å².